The molecule has 3 heterocycles. The molecule has 1 aliphatic rings. The van der Waals surface area contributed by atoms with Crippen LogP contribution in [0.15, 0.2) is 64.2 Å². The first-order chi connectivity index (χ1) is 14.9. The number of rotatable bonds is 6. The van der Waals surface area contributed by atoms with Crippen molar-refractivity contribution in [1.82, 2.24) is 10.3 Å². The van der Waals surface area contributed by atoms with Gasteiger partial charge in [0, 0.05) is 37.1 Å². The van der Waals surface area contributed by atoms with E-state index in [0.29, 0.717) is 35.0 Å². The Bertz CT molecular complexity index is 1120. The first-order valence-corrected chi connectivity index (χ1v) is 11.6. The van der Waals surface area contributed by atoms with Crippen LogP contribution in [0.5, 0.6) is 5.75 Å². The number of benzene rings is 1. The van der Waals surface area contributed by atoms with Crippen molar-refractivity contribution >= 4 is 21.4 Å². The number of hydrogen-bond acceptors (Lipinski definition) is 7. The summed E-state index contributed by atoms with van der Waals surface area (Å²) in [7, 11) is -2.34. The predicted molar refractivity (Wildman–Crippen MR) is 120 cm³/mol. The maximum atomic E-state index is 13.0. The number of nitrogens with zero attached hydrogens (tertiary/aromatic N) is 2. The van der Waals surface area contributed by atoms with Crippen LogP contribution < -0.4 is 19.7 Å². The largest absolute Gasteiger partial charge is 0.495 e. The normalized spacial score (nSPS) is 19.3. The summed E-state index contributed by atoms with van der Waals surface area (Å²) in [6.45, 7) is 5.94. The molecule has 0 amide bonds. The average Bonchev–Trinajstić information content (AvgIpc) is 3.28. The van der Waals surface area contributed by atoms with Gasteiger partial charge in [-0.3, -0.25) is 9.71 Å². The molecular formula is C22H26N4O4S. The van der Waals surface area contributed by atoms with Crippen LogP contribution in [0.1, 0.15) is 13.8 Å². The summed E-state index contributed by atoms with van der Waals surface area (Å²) in [6.07, 6.45) is 2.86. The van der Waals surface area contributed by atoms with Crippen LogP contribution in [0.2, 0.25) is 0 Å². The highest BCUT2D eigenvalue weighted by Crippen LogP contribution is 2.32. The number of sulfonamides is 1. The van der Waals surface area contributed by atoms with E-state index >= 15 is 0 Å². The Kier molecular flexibility index (Phi) is 5.88. The average molecular weight is 443 g/mol. The summed E-state index contributed by atoms with van der Waals surface area (Å²) in [6, 6.07) is 12.9. The standard InChI is InChI=1S/C22H26N4O4S/c1-15-13-26(14-16(2)24-15)17-6-9-21(29-3)20(11-17)25-31(27,28)18-7-8-19(23-12-18)22-5-4-10-30-22/h4-12,15-16,24-25H,13-14H2,1-3H3/t15-,16+. The second-order valence-corrected chi connectivity index (χ2v) is 9.40. The number of furan rings is 1. The fourth-order valence-corrected chi connectivity index (χ4v) is 4.83. The summed E-state index contributed by atoms with van der Waals surface area (Å²) < 4.78 is 39.4. The van der Waals surface area contributed by atoms with E-state index in [0.717, 1.165) is 18.8 Å². The predicted octanol–water partition coefficient (Wildman–Crippen LogP) is 3.34. The molecule has 0 unspecified atom stereocenters. The minimum atomic E-state index is -3.85. The van der Waals surface area contributed by atoms with Crippen LogP contribution in [-0.4, -0.2) is 45.7 Å². The van der Waals surface area contributed by atoms with Gasteiger partial charge in [0.25, 0.3) is 10.0 Å². The minimum Gasteiger partial charge on any atom is -0.495 e. The van der Waals surface area contributed by atoms with Gasteiger partial charge >= 0.3 is 0 Å². The van der Waals surface area contributed by atoms with Gasteiger partial charge in [-0.15, -0.1) is 0 Å². The fourth-order valence-electron chi connectivity index (χ4n) is 3.82. The zero-order valence-corrected chi connectivity index (χ0v) is 18.5. The van der Waals surface area contributed by atoms with Gasteiger partial charge < -0.3 is 19.4 Å². The Balaban J connectivity index is 1.59. The lowest BCUT2D eigenvalue weighted by Crippen LogP contribution is -2.54. The molecular weight excluding hydrogens is 416 g/mol. The van der Waals surface area contributed by atoms with Gasteiger partial charge in [-0.1, -0.05) is 0 Å². The Hall–Kier alpha value is -3.04. The van der Waals surface area contributed by atoms with Crippen molar-refractivity contribution in [2.75, 3.05) is 29.8 Å². The molecule has 31 heavy (non-hydrogen) atoms. The summed E-state index contributed by atoms with van der Waals surface area (Å²) >= 11 is 0. The van der Waals surface area contributed by atoms with Crippen LogP contribution in [0.25, 0.3) is 11.5 Å². The molecule has 0 radical (unpaired) electrons. The maximum absolute atomic E-state index is 13.0. The molecule has 2 aromatic heterocycles. The number of pyridine rings is 1. The van der Waals surface area contributed by atoms with Crippen molar-refractivity contribution in [2.45, 2.75) is 30.8 Å². The topological polar surface area (TPSA) is 96.7 Å². The molecule has 8 nitrogen and oxygen atoms in total. The highest BCUT2D eigenvalue weighted by Gasteiger charge is 2.23. The highest BCUT2D eigenvalue weighted by molar-refractivity contribution is 7.92. The number of methoxy groups -OCH3 is 1. The number of anilines is 2. The van der Waals surface area contributed by atoms with Gasteiger partial charge in [-0.05, 0) is 56.3 Å². The Morgan fingerprint density at radius 2 is 1.94 bits per heavy atom. The van der Waals surface area contributed by atoms with E-state index in [9.17, 15) is 8.42 Å². The highest BCUT2D eigenvalue weighted by atomic mass is 32.2. The SMILES string of the molecule is COc1ccc(N2C[C@@H](C)N[C@@H](C)C2)cc1NS(=O)(=O)c1ccc(-c2ccco2)nc1. The van der Waals surface area contributed by atoms with Gasteiger partial charge in [-0.25, -0.2) is 8.42 Å². The van der Waals surface area contributed by atoms with E-state index in [1.54, 1.807) is 30.5 Å². The van der Waals surface area contributed by atoms with Crippen LogP contribution in [0.3, 0.4) is 0 Å². The molecule has 0 bridgehead atoms. The van der Waals surface area contributed by atoms with E-state index in [4.69, 9.17) is 9.15 Å². The van der Waals surface area contributed by atoms with Crippen LogP contribution in [-0.2, 0) is 10.0 Å². The number of piperazine rings is 1. The molecule has 0 saturated carbocycles. The molecule has 1 aromatic carbocycles. The van der Waals surface area contributed by atoms with Gasteiger partial charge in [0.1, 0.15) is 16.3 Å². The summed E-state index contributed by atoms with van der Waals surface area (Å²) in [5, 5.41) is 3.50. The molecule has 0 spiro atoms. The first-order valence-electron chi connectivity index (χ1n) is 10.1. The van der Waals surface area contributed by atoms with Crippen LogP contribution >= 0.6 is 0 Å². The van der Waals surface area contributed by atoms with Crippen molar-refractivity contribution in [2.24, 2.45) is 0 Å². The third-order valence-electron chi connectivity index (χ3n) is 5.17. The van der Waals surface area contributed by atoms with E-state index in [2.05, 4.69) is 33.8 Å². The lowest BCUT2D eigenvalue weighted by atomic mass is 10.1. The molecule has 2 atom stereocenters. The lowest BCUT2D eigenvalue weighted by Gasteiger charge is -2.38. The summed E-state index contributed by atoms with van der Waals surface area (Å²) in [5.41, 5.74) is 1.88. The van der Waals surface area contributed by atoms with Crippen molar-refractivity contribution in [3.05, 3.63) is 54.9 Å². The van der Waals surface area contributed by atoms with Gasteiger partial charge in [0.15, 0.2) is 5.76 Å². The first kappa shape index (κ1) is 21.2. The molecule has 164 valence electrons. The minimum absolute atomic E-state index is 0.0553. The van der Waals surface area contributed by atoms with E-state index < -0.39 is 10.0 Å². The Morgan fingerprint density at radius 1 is 1.16 bits per heavy atom. The number of hydrogen-bond donors (Lipinski definition) is 2. The Labute approximate surface area is 182 Å². The molecule has 1 saturated heterocycles. The smallest absolute Gasteiger partial charge is 0.263 e. The monoisotopic (exact) mass is 442 g/mol. The van der Waals surface area contributed by atoms with Crippen LogP contribution in [0.4, 0.5) is 11.4 Å². The zero-order valence-electron chi connectivity index (χ0n) is 17.7. The zero-order chi connectivity index (χ0) is 22.0. The second-order valence-electron chi connectivity index (χ2n) is 7.72. The Morgan fingerprint density at radius 3 is 2.55 bits per heavy atom. The van der Waals surface area contributed by atoms with E-state index in [-0.39, 0.29) is 4.90 Å². The molecule has 0 aliphatic carbocycles. The molecule has 1 fully saturated rings. The van der Waals surface area contributed by atoms with Gasteiger partial charge in [0.05, 0.1) is 19.1 Å². The number of aromatic nitrogens is 1. The molecule has 1 aliphatic heterocycles. The van der Waals surface area contributed by atoms with Gasteiger partial charge in [0.2, 0.25) is 0 Å². The van der Waals surface area contributed by atoms with Crippen molar-refractivity contribution in [3.8, 4) is 17.2 Å². The van der Waals surface area contributed by atoms with Crippen LogP contribution in [0, 0.1) is 0 Å². The second kappa shape index (κ2) is 8.60. The van der Waals surface area contributed by atoms with Crippen molar-refractivity contribution in [3.63, 3.8) is 0 Å². The summed E-state index contributed by atoms with van der Waals surface area (Å²) in [5.74, 6) is 1.02. The van der Waals surface area contributed by atoms with E-state index in [1.165, 1.54) is 19.4 Å². The molecule has 3 aromatic rings. The molecule has 9 heteroatoms. The van der Waals surface area contributed by atoms with Crippen molar-refractivity contribution < 1.29 is 17.6 Å². The maximum Gasteiger partial charge on any atom is 0.263 e. The van der Waals surface area contributed by atoms with Gasteiger partial charge in [-0.2, -0.15) is 0 Å². The van der Waals surface area contributed by atoms with Crippen molar-refractivity contribution in [1.29, 1.82) is 0 Å². The third kappa shape index (κ3) is 4.67. The number of ether oxygens (including phenoxy) is 1. The molecule has 2 N–H and O–H groups in total. The van der Waals surface area contributed by atoms with E-state index in [1.807, 2.05) is 12.1 Å². The quantitative estimate of drug-likeness (QED) is 0.604. The fraction of sp³-hybridized carbons (Fsp3) is 0.318. The lowest BCUT2D eigenvalue weighted by molar-refractivity contribution is 0.406. The third-order valence-corrected chi connectivity index (χ3v) is 6.52. The molecule has 4 rings (SSSR count). The summed E-state index contributed by atoms with van der Waals surface area (Å²) in [4.78, 5) is 6.51. The number of nitrogens with one attached hydrogen (secondary N) is 2.